The lowest BCUT2D eigenvalue weighted by molar-refractivity contribution is 0.561. The first-order chi connectivity index (χ1) is 54.7. The summed E-state index contributed by atoms with van der Waals surface area (Å²) in [6, 6.07) is 77.7. The predicted molar refractivity (Wildman–Crippen MR) is 477 cm³/mol. The zero-order chi connectivity index (χ0) is 86.1. The fourth-order valence-electron chi connectivity index (χ4n) is 12.9. The van der Waals surface area contributed by atoms with E-state index in [1.165, 1.54) is 92.0 Å². The number of hydrogen-bond donors (Lipinski definition) is 0. The number of benzene rings is 12. The Labute approximate surface area is 662 Å². The molecule has 0 unspecified atom stereocenters. The molecule has 0 aliphatic carbocycles. The van der Waals surface area contributed by atoms with Gasteiger partial charge in [-0.1, -0.05) is 342 Å². The highest BCUT2D eigenvalue weighted by Crippen LogP contribution is 2.46. The second-order valence-corrected chi connectivity index (χ2v) is 36.0. The van der Waals surface area contributed by atoms with Gasteiger partial charge in [0.15, 0.2) is 0 Å². The molecule has 0 bridgehead atoms. The number of nitrogens with zero attached hydrogens (tertiary/aromatic N) is 3. The molecule has 0 saturated heterocycles. The molecule has 0 atom stereocenters. The fraction of sp³-hybridized carbons (Fsp3) is 0.284. The molecule has 16 rings (SSSR count). The lowest BCUT2D eigenvalue weighted by Gasteiger charge is -2.21. The molecule has 0 N–H and O–H groups in total. The summed E-state index contributed by atoms with van der Waals surface area (Å²) >= 11 is 3.35. The first-order valence-electron chi connectivity index (χ1n) is 42.3. The molecule has 0 aliphatic heterocycles. The number of nitriles is 1. The van der Waals surface area contributed by atoms with Crippen LogP contribution in [0.15, 0.2) is 273 Å². The van der Waals surface area contributed by atoms with Gasteiger partial charge in [0.1, 0.15) is 0 Å². The largest absolute Gasteiger partial charge is 0.309 e. The van der Waals surface area contributed by atoms with Gasteiger partial charge in [-0.3, -0.25) is 0 Å². The third kappa shape index (κ3) is 19.1. The molecule has 0 amide bonds. The lowest BCUT2D eigenvalue weighted by Crippen LogP contribution is -2.11. The second-order valence-electron chi connectivity index (χ2n) is 33.9. The number of para-hydroxylation sites is 4. The molecule has 0 fully saturated rings. The van der Waals surface area contributed by atoms with Crippen LogP contribution in [0, 0.1) is 35.5 Å². The van der Waals surface area contributed by atoms with Gasteiger partial charge in [0.05, 0.1) is 40.5 Å². The summed E-state index contributed by atoms with van der Waals surface area (Å²) in [5, 5.41) is 17.8. The van der Waals surface area contributed by atoms with Gasteiger partial charge in [-0.2, -0.15) is 5.26 Å². The summed E-state index contributed by atoms with van der Waals surface area (Å²) in [7, 11) is 0. The monoisotopic (exact) mass is 1450 g/mol. The third-order valence-corrected chi connectivity index (χ3v) is 20.3. The van der Waals surface area contributed by atoms with Crippen LogP contribution in [0.4, 0.5) is 0 Å². The van der Waals surface area contributed by atoms with Crippen LogP contribution in [-0.4, -0.2) is 9.13 Å². The molecule has 12 aromatic carbocycles. The highest BCUT2D eigenvalue weighted by atomic mass is 32.1. The van der Waals surface area contributed by atoms with E-state index in [4.69, 9.17) is 19.0 Å². The number of fused-ring (bicyclic) bond motifs is 12. The van der Waals surface area contributed by atoms with Gasteiger partial charge < -0.3 is 9.13 Å². The Bertz CT molecular complexity index is 6170. The van der Waals surface area contributed by atoms with Crippen molar-refractivity contribution >= 4 is 107 Å². The summed E-state index contributed by atoms with van der Waals surface area (Å²) in [6.45, 7) is 46.1. The van der Waals surface area contributed by atoms with Crippen LogP contribution in [0.3, 0.4) is 0 Å². The van der Waals surface area contributed by atoms with Crippen molar-refractivity contribution in [3.8, 4) is 39.7 Å². The lowest BCUT2D eigenvalue weighted by atomic mass is 9.83. The molecular formula is C102H113N3S2. The third-order valence-electron chi connectivity index (χ3n) is 17.9. The summed E-state index contributed by atoms with van der Waals surface area (Å²) < 4.78 is 90.0. The summed E-state index contributed by atoms with van der Waals surface area (Å²) in [5.41, 5.74) is 15.5. The quantitative estimate of drug-likeness (QED) is 0.173. The van der Waals surface area contributed by atoms with Gasteiger partial charge in [-0.15, -0.1) is 22.7 Å². The van der Waals surface area contributed by atoms with E-state index in [-0.39, 0.29) is 92.9 Å². The topological polar surface area (TPSA) is 33.6 Å². The minimum atomic E-state index is -0.364. The van der Waals surface area contributed by atoms with E-state index in [0.29, 0.717) is 16.7 Å². The van der Waals surface area contributed by atoms with Crippen LogP contribution in [0.2, 0.25) is 0 Å². The first kappa shape index (κ1) is 66.6. The van der Waals surface area contributed by atoms with Crippen molar-refractivity contribution in [1.29, 1.82) is 5.26 Å². The van der Waals surface area contributed by atoms with Gasteiger partial charge in [0, 0.05) is 80.0 Å². The Balaban J connectivity index is 0.000000155. The molecule has 0 radical (unpaired) electrons. The predicted octanol–water partition coefficient (Wildman–Crippen LogP) is 31.4. The molecule has 107 heavy (non-hydrogen) atoms. The molecule has 4 heterocycles. The number of hydrogen-bond acceptors (Lipinski definition) is 3. The number of rotatable bonds is 4. The normalized spacial score (nSPS) is 13.2. The van der Waals surface area contributed by atoms with Crippen molar-refractivity contribution < 1.29 is 13.7 Å². The maximum absolute atomic E-state index is 8.60. The van der Waals surface area contributed by atoms with E-state index >= 15 is 0 Å². The zero-order valence-electron chi connectivity index (χ0n) is 77.0. The molecule has 3 nitrogen and oxygen atoms in total. The van der Waals surface area contributed by atoms with E-state index in [2.05, 4.69) is 307 Å². The van der Waals surface area contributed by atoms with Crippen LogP contribution in [0.5, 0.6) is 0 Å². The zero-order valence-corrected chi connectivity index (χ0v) is 68.7. The molecule has 0 saturated carbocycles. The maximum Gasteiger partial charge on any atom is 0.0680 e. The van der Waals surface area contributed by atoms with Crippen molar-refractivity contribution in [2.75, 3.05) is 0 Å². The van der Waals surface area contributed by atoms with Crippen molar-refractivity contribution in [3.05, 3.63) is 301 Å². The highest BCUT2D eigenvalue weighted by molar-refractivity contribution is 7.26. The van der Waals surface area contributed by atoms with E-state index in [0.717, 1.165) is 37.0 Å². The molecule has 5 heteroatoms. The smallest absolute Gasteiger partial charge is 0.0680 e. The highest BCUT2D eigenvalue weighted by Gasteiger charge is 2.24. The molecule has 4 aromatic heterocycles. The van der Waals surface area contributed by atoms with Gasteiger partial charge >= 0.3 is 0 Å². The van der Waals surface area contributed by atoms with Crippen LogP contribution in [0.1, 0.15) is 187 Å². The Kier molecular flexibility index (Phi) is 20.9. The van der Waals surface area contributed by atoms with E-state index in [9.17, 15) is 0 Å². The van der Waals surface area contributed by atoms with Crippen molar-refractivity contribution in [1.82, 2.24) is 9.13 Å². The standard InChI is InChI=1S/C23H22S.2C22H21N.C22H20S.C5H9N.2C4H10/c1-15-8-5-9-16(14-15)17-10-6-12-19-21(17)22-18(23(2,3)4)11-7-13-20(22)24-19;1-22(2,3)16-9-8-10-17(15-16)23-20-13-6-4-11-18(20)19-12-5-7-14-21(19)23;1-22(2,3)16-12-14-17(15-13-16)23-20-10-6-4-8-18(20)19-9-5-7-11-21(19)23;1-22(2,3)19-14-8-13-18-17-12-7-11-16(20(17)23-21(18)19)15-9-5-4-6-10-15;1-5(2,3)4-6;2*1-4(2)3/h5-14H,1-4H3;2*4-15H,1-3H3;4-14H,1-3H3;1-3H3;2*4H,1-3H3/i5D,8D,9D,14D;;;4D,5D,6D,9D,10D;;4D;. The van der Waals surface area contributed by atoms with Crippen molar-refractivity contribution in [2.24, 2.45) is 17.2 Å². The number of thiophene rings is 2. The van der Waals surface area contributed by atoms with Crippen LogP contribution < -0.4 is 0 Å². The van der Waals surface area contributed by atoms with E-state index < -0.39 is 0 Å². The van der Waals surface area contributed by atoms with Crippen molar-refractivity contribution in [3.63, 3.8) is 0 Å². The minimum Gasteiger partial charge on any atom is -0.309 e. The molecule has 548 valence electrons. The van der Waals surface area contributed by atoms with Gasteiger partial charge in [-0.25, -0.2) is 0 Å². The molecule has 0 aliphatic rings. The Morgan fingerprint density at radius 1 is 0.374 bits per heavy atom. The Morgan fingerprint density at radius 2 is 0.776 bits per heavy atom. The van der Waals surface area contributed by atoms with Crippen LogP contribution in [-0.2, 0) is 21.7 Å². The summed E-state index contributed by atoms with van der Waals surface area (Å²) in [6.07, 6.45) is 0. The van der Waals surface area contributed by atoms with Gasteiger partial charge in [0.2, 0.25) is 0 Å². The minimum absolute atomic E-state index is 0.0166. The summed E-state index contributed by atoms with van der Waals surface area (Å²) in [5.74, 6) is 0.583. The molecule has 0 spiro atoms. The fourth-order valence-corrected chi connectivity index (χ4v) is 15.6. The maximum atomic E-state index is 8.60. The second kappa shape index (κ2) is 33.5. The molecular weight excluding hydrogens is 1330 g/mol. The van der Waals surface area contributed by atoms with Crippen LogP contribution in [0.25, 0.3) is 118 Å². The van der Waals surface area contributed by atoms with Gasteiger partial charge in [0.25, 0.3) is 0 Å². The van der Waals surface area contributed by atoms with Crippen LogP contribution >= 0.6 is 22.7 Å². The van der Waals surface area contributed by atoms with Gasteiger partial charge in [-0.05, 0) is 166 Å². The average Bonchev–Trinajstić information content (AvgIpc) is 1.65. The van der Waals surface area contributed by atoms with E-state index in [1.807, 2.05) is 71.9 Å². The Morgan fingerprint density at radius 3 is 1.26 bits per heavy atom. The summed E-state index contributed by atoms with van der Waals surface area (Å²) in [4.78, 5) is 0. The number of aromatic nitrogens is 2. The van der Waals surface area contributed by atoms with Crippen molar-refractivity contribution in [2.45, 2.75) is 174 Å². The Hall–Kier alpha value is -9.83. The SMILES string of the molecule is CC(C)(C)C#N.CC(C)(C)c1ccc(-n2c3ccccc3c3ccccc32)cc1.CC(C)(C)c1cccc(-n2c3ccccc3c3ccccc32)c1.CC(C)C.[2H]C(C)(C)C.[2H]c1c([2H])c(C)c([2H])c(-c2cccc3sc4cccc(C(C)(C)C)c4c23)c1[2H].[2H]c1c([2H])c([2H])c(-c2cccc3c2sc2c(C(C)(C)C)cccc23)c([2H])c1[2H]. The first-order valence-corrected chi connectivity index (χ1v) is 38.9. The molecule has 16 aromatic rings. The van der Waals surface area contributed by atoms with E-state index in [1.54, 1.807) is 29.6 Å². The average molecular weight is 1460 g/mol.